The van der Waals surface area contributed by atoms with Crippen LogP contribution in [-0.2, 0) is 0 Å². The molecule has 2 rings (SSSR count). The first-order chi connectivity index (χ1) is 8.50. The van der Waals surface area contributed by atoms with Crippen LogP contribution in [0.4, 0.5) is 0 Å². The standard InChI is InChI=1S/C16H20OS/c1-12-8-7-11-16(2,3)14(12)15(18)17-13-9-5-4-6-10-13/h4-6,9-10H,7-8,11H2,1-3H3. The van der Waals surface area contributed by atoms with Gasteiger partial charge in [0.2, 0.25) is 0 Å². The normalized spacial score (nSPS) is 18.6. The van der Waals surface area contributed by atoms with Crippen molar-refractivity contribution in [2.45, 2.75) is 40.0 Å². The lowest BCUT2D eigenvalue weighted by molar-refractivity contribution is 0.372. The van der Waals surface area contributed by atoms with Gasteiger partial charge < -0.3 is 4.74 Å². The number of para-hydroxylation sites is 1. The van der Waals surface area contributed by atoms with Gasteiger partial charge in [-0.05, 0) is 56.0 Å². The molecule has 0 spiro atoms. The highest BCUT2D eigenvalue weighted by atomic mass is 32.1. The van der Waals surface area contributed by atoms with Gasteiger partial charge in [-0.2, -0.15) is 0 Å². The Balaban J connectivity index is 2.23. The van der Waals surface area contributed by atoms with Crippen LogP contribution in [0.2, 0.25) is 0 Å². The molecule has 0 bridgehead atoms. The molecular weight excluding hydrogens is 240 g/mol. The predicted molar refractivity (Wildman–Crippen MR) is 80.0 cm³/mol. The molecule has 1 aromatic rings. The van der Waals surface area contributed by atoms with E-state index in [1.165, 1.54) is 24.0 Å². The lowest BCUT2D eigenvalue weighted by Gasteiger charge is -2.34. The Morgan fingerprint density at radius 1 is 1.22 bits per heavy atom. The number of thiocarbonyl (C=S) groups is 1. The molecule has 0 aliphatic heterocycles. The zero-order valence-electron chi connectivity index (χ0n) is 11.3. The SMILES string of the molecule is CC1=C(C(=S)Oc2ccccc2)C(C)(C)CCC1. The van der Waals surface area contributed by atoms with Crippen molar-refractivity contribution in [1.29, 1.82) is 0 Å². The minimum absolute atomic E-state index is 0.133. The molecule has 0 saturated heterocycles. The van der Waals surface area contributed by atoms with Crippen molar-refractivity contribution >= 4 is 17.3 Å². The smallest absolute Gasteiger partial charge is 0.194 e. The van der Waals surface area contributed by atoms with Crippen LogP contribution in [0.1, 0.15) is 40.0 Å². The fourth-order valence-corrected chi connectivity index (χ4v) is 3.27. The molecule has 0 atom stereocenters. The van der Waals surface area contributed by atoms with Gasteiger partial charge in [0, 0.05) is 5.57 Å². The summed E-state index contributed by atoms with van der Waals surface area (Å²) in [4.78, 5) is 0. The monoisotopic (exact) mass is 260 g/mol. The van der Waals surface area contributed by atoms with Crippen LogP contribution in [0.25, 0.3) is 0 Å². The van der Waals surface area contributed by atoms with Crippen LogP contribution < -0.4 is 4.74 Å². The lowest BCUT2D eigenvalue weighted by Crippen LogP contribution is -2.27. The quantitative estimate of drug-likeness (QED) is 0.698. The molecule has 0 heterocycles. The van der Waals surface area contributed by atoms with Gasteiger partial charge in [0.05, 0.1) is 0 Å². The Bertz CT molecular complexity index is 471. The molecule has 18 heavy (non-hydrogen) atoms. The molecule has 0 radical (unpaired) electrons. The van der Waals surface area contributed by atoms with Crippen molar-refractivity contribution in [3.05, 3.63) is 41.5 Å². The maximum atomic E-state index is 5.83. The van der Waals surface area contributed by atoms with E-state index in [-0.39, 0.29) is 5.41 Å². The van der Waals surface area contributed by atoms with Crippen molar-refractivity contribution in [2.24, 2.45) is 5.41 Å². The van der Waals surface area contributed by atoms with E-state index in [9.17, 15) is 0 Å². The van der Waals surface area contributed by atoms with Crippen LogP contribution in [-0.4, -0.2) is 5.05 Å². The summed E-state index contributed by atoms with van der Waals surface area (Å²) in [5.74, 6) is 0.823. The topological polar surface area (TPSA) is 9.23 Å². The van der Waals surface area contributed by atoms with E-state index >= 15 is 0 Å². The molecule has 1 aliphatic carbocycles. The van der Waals surface area contributed by atoms with Crippen LogP contribution in [0.5, 0.6) is 5.75 Å². The summed E-state index contributed by atoms with van der Waals surface area (Å²) in [5.41, 5.74) is 2.74. The van der Waals surface area contributed by atoms with E-state index in [0.29, 0.717) is 5.05 Å². The fraction of sp³-hybridized carbons (Fsp3) is 0.438. The molecule has 1 nitrogen and oxygen atoms in total. The predicted octanol–water partition coefficient (Wildman–Crippen LogP) is 4.92. The van der Waals surface area contributed by atoms with Crippen LogP contribution in [0.3, 0.4) is 0 Å². The summed E-state index contributed by atoms with van der Waals surface area (Å²) >= 11 is 5.50. The Morgan fingerprint density at radius 2 is 1.89 bits per heavy atom. The minimum Gasteiger partial charge on any atom is -0.446 e. The second-order valence-corrected chi connectivity index (χ2v) is 5.97. The van der Waals surface area contributed by atoms with E-state index in [4.69, 9.17) is 17.0 Å². The third kappa shape index (κ3) is 2.81. The van der Waals surface area contributed by atoms with Gasteiger partial charge in [-0.3, -0.25) is 0 Å². The lowest BCUT2D eigenvalue weighted by atomic mass is 9.73. The molecule has 0 fully saturated rings. The first-order valence-electron chi connectivity index (χ1n) is 6.48. The molecular formula is C16H20OS. The number of allylic oxidation sites excluding steroid dienone is 1. The molecule has 0 unspecified atom stereocenters. The largest absolute Gasteiger partial charge is 0.446 e. The van der Waals surface area contributed by atoms with Gasteiger partial charge in [-0.1, -0.05) is 37.6 Å². The Labute approximate surface area is 115 Å². The fourth-order valence-electron chi connectivity index (χ4n) is 2.72. The number of rotatable bonds is 2. The van der Waals surface area contributed by atoms with Gasteiger partial charge in [0.25, 0.3) is 0 Å². The number of benzene rings is 1. The average molecular weight is 260 g/mol. The highest BCUT2D eigenvalue weighted by Crippen LogP contribution is 2.41. The Hall–Kier alpha value is -1.15. The third-order valence-electron chi connectivity index (χ3n) is 3.61. The number of ether oxygens (including phenoxy) is 1. The van der Waals surface area contributed by atoms with Crippen molar-refractivity contribution in [3.8, 4) is 5.75 Å². The number of hydrogen-bond acceptors (Lipinski definition) is 2. The number of hydrogen-bond donors (Lipinski definition) is 0. The molecule has 0 amide bonds. The highest BCUT2D eigenvalue weighted by molar-refractivity contribution is 7.80. The second-order valence-electron chi connectivity index (χ2n) is 5.60. The highest BCUT2D eigenvalue weighted by Gasteiger charge is 2.32. The summed E-state index contributed by atoms with van der Waals surface area (Å²) in [6.07, 6.45) is 3.56. The van der Waals surface area contributed by atoms with Gasteiger partial charge in [0.1, 0.15) is 5.75 Å². The van der Waals surface area contributed by atoms with Gasteiger partial charge in [0.15, 0.2) is 5.05 Å². The first-order valence-corrected chi connectivity index (χ1v) is 6.89. The molecule has 1 aromatic carbocycles. The van der Waals surface area contributed by atoms with Crippen molar-refractivity contribution in [3.63, 3.8) is 0 Å². The van der Waals surface area contributed by atoms with Crippen LogP contribution in [0, 0.1) is 5.41 Å². The van der Waals surface area contributed by atoms with E-state index in [1.54, 1.807) is 0 Å². The molecule has 0 saturated carbocycles. The third-order valence-corrected chi connectivity index (χ3v) is 3.90. The van der Waals surface area contributed by atoms with E-state index in [1.807, 2.05) is 30.3 Å². The second kappa shape index (κ2) is 5.23. The summed E-state index contributed by atoms with van der Waals surface area (Å²) in [6.45, 7) is 6.69. The Kier molecular flexibility index (Phi) is 3.86. The average Bonchev–Trinajstić information content (AvgIpc) is 2.28. The van der Waals surface area contributed by atoms with Gasteiger partial charge >= 0.3 is 0 Å². The first kappa shape index (κ1) is 13.3. The van der Waals surface area contributed by atoms with Crippen molar-refractivity contribution in [1.82, 2.24) is 0 Å². The van der Waals surface area contributed by atoms with E-state index in [0.717, 1.165) is 12.2 Å². The minimum atomic E-state index is 0.133. The van der Waals surface area contributed by atoms with Gasteiger partial charge in [-0.25, -0.2) is 0 Å². The zero-order valence-corrected chi connectivity index (χ0v) is 12.1. The maximum Gasteiger partial charge on any atom is 0.194 e. The maximum absolute atomic E-state index is 5.83. The zero-order chi connectivity index (χ0) is 13.2. The van der Waals surface area contributed by atoms with Gasteiger partial charge in [-0.15, -0.1) is 0 Å². The summed E-state index contributed by atoms with van der Waals surface area (Å²) in [7, 11) is 0. The Morgan fingerprint density at radius 3 is 2.50 bits per heavy atom. The molecule has 2 heteroatoms. The summed E-state index contributed by atoms with van der Waals surface area (Å²) in [6, 6.07) is 9.79. The molecule has 0 aromatic heterocycles. The van der Waals surface area contributed by atoms with Crippen molar-refractivity contribution < 1.29 is 4.74 Å². The summed E-state index contributed by atoms with van der Waals surface area (Å²) < 4.78 is 5.83. The molecule has 96 valence electrons. The van der Waals surface area contributed by atoms with Crippen LogP contribution >= 0.6 is 12.2 Å². The molecule has 0 N–H and O–H groups in total. The van der Waals surface area contributed by atoms with E-state index in [2.05, 4.69) is 20.8 Å². The van der Waals surface area contributed by atoms with Crippen LogP contribution in [0.15, 0.2) is 41.5 Å². The molecule has 1 aliphatic rings. The van der Waals surface area contributed by atoms with E-state index < -0.39 is 0 Å². The summed E-state index contributed by atoms with van der Waals surface area (Å²) in [5, 5.41) is 0.642. The van der Waals surface area contributed by atoms with Crippen molar-refractivity contribution in [2.75, 3.05) is 0 Å².